The fraction of sp³-hybridized carbons (Fsp3) is 0.625. The Morgan fingerprint density at radius 1 is 1.33 bits per heavy atom. The van der Waals surface area contributed by atoms with Crippen molar-refractivity contribution < 1.29 is 4.74 Å². The average Bonchev–Trinajstić information content (AvgIpc) is 2.49. The van der Waals surface area contributed by atoms with Crippen molar-refractivity contribution in [2.75, 3.05) is 21.2 Å². The fourth-order valence-electron chi connectivity index (χ4n) is 3.15. The summed E-state index contributed by atoms with van der Waals surface area (Å²) in [4.78, 5) is 2.28. The van der Waals surface area contributed by atoms with Gasteiger partial charge in [-0.2, -0.15) is 0 Å². The van der Waals surface area contributed by atoms with Crippen molar-refractivity contribution >= 4 is 15.9 Å². The summed E-state index contributed by atoms with van der Waals surface area (Å²) in [7, 11) is 5.93. The number of rotatable bonds is 8. The molecule has 0 aliphatic rings. The van der Waals surface area contributed by atoms with Gasteiger partial charge in [0, 0.05) is 16.1 Å². The molecule has 0 fully saturated rings. The molecule has 4 nitrogen and oxygen atoms in total. The van der Waals surface area contributed by atoms with Crippen molar-refractivity contribution in [3.05, 3.63) is 28.2 Å². The lowest BCUT2D eigenvalue weighted by atomic mass is 9.80. The number of hydrogen-bond acceptors (Lipinski definition) is 4. The van der Waals surface area contributed by atoms with Crippen LogP contribution in [0, 0.1) is 0 Å². The molecule has 0 aromatic heterocycles. The maximum Gasteiger partial charge on any atom is 0.119 e. The Bertz CT molecular complexity index is 447. The third kappa shape index (κ3) is 3.97. The number of nitrogens with zero attached hydrogens (tertiary/aromatic N) is 1. The summed E-state index contributed by atoms with van der Waals surface area (Å²) in [5, 5.41) is 0. The minimum Gasteiger partial charge on any atom is -0.497 e. The van der Waals surface area contributed by atoms with E-state index in [9.17, 15) is 0 Å². The van der Waals surface area contributed by atoms with Gasteiger partial charge in [-0.15, -0.1) is 0 Å². The molecule has 1 aromatic rings. The number of hydrazine groups is 1. The molecule has 1 rings (SSSR count). The van der Waals surface area contributed by atoms with Crippen LogP contribution >= 0.6 is 15.9 Å². The van der Waals surface area contributed by atoms with E-state index in [0.717, 1.165) is 29.5 Å². The summed E-state index contributed by atoms with van der Waals surface area (Å²) >= 11 is 3.63. The highest BCUT2D eigenvalue weighted by molar-refractivity contribution is 9.10. The fourth-order valence-corrected chi connectivity index (χ4v) is 3.55. The molecule has 0 amide bonds. The molecular formula is C16H28BrN3O. The summed E-state index contributed by atoms with van der Waals surface area (Å²) in [5.41, 5.74) is 4.26. The van der Waals surface area contributed by atoms with Crippen molar-refractivity contribution in [2.24, 2.45) is 5.84 Å². The third-order valence-corrected chi connectivity index (χ3v) is 5.42. The molecular weight excluding hydrogens is 330 g/mol. The van der Waals surface area contributed by atoms with Gasteiger partial charge in [-0.1, -0.05) is 29.8 Å². The van der Waals surface area contributed by atoms with Crippen LogP contribution in [0.4, 0.5) is 0 Å². The van der Waals surface area contributed by atoms with Gasteiger partial charge in [-0.3, -0.25) is 11.3 Å². The highest BCUT2D eigenvalue weighted by Crippen LogP contribution is 2.30. The van der Waals surface area contributed by atoms with Gasteiger partial charge < -0.3 is 9.64 Å². The van der Waals surface area contributed by atoms with Crippen LogP contribution in [0.25, 0.3) is 0 Å². The first kappa shape index (κ1) is 18.4. The molecule has 5 heteroatoms. The maximum atomic E-state index is 5.89. The molecule has 0 saturated heterocycles. The van der Waals surface area contributed by atoms with Gasteiger partial charge in [-0.05, 0) is 57.1 Å². The molecule has 1 unspecified atom stereocenters. The van der Waals surface area contributed by atoms with Gasteiger partial charge in [0.15, 0.2) is 0 Å². The Hall–Kier alpha value is -0.620. The number of likely N-dealkylation sites (N-methyl/N-ethyl adjacent to an activating group) is 1. The Morgan fingerprint density at radius 3 is 2.38 bits per heavy atom. The quantitative estimate of drug-likeness (QED) is 0.554. The van der Waals surface area contributed by atoms with Gasteiger partial charge in [-0.25, -0.2) is 0 Å². The smallest absolute Gasteiger partial charge is 0.119 e. The van der Waals surface area contributed by atoms with E-state index in [0.29, 0.717) is 0 Å². The minimum absolute atomic E-state index is 0.0251. The summed E-state index contributed by atoms with van der Waals surface area (Å²) in [6, 6.07) is 6.21. The Kier molecular flexibility index (Phi) is 7.13. The molecule has 0 saturated carbocycles. The predicted octanol–water partition coefficient (Wildman–Crippen LogP) is 2.95. The van der Waals surface area contributed by atoms with Crippen LogP contribution in [-0.4, -0.2) is 37.7 Å². The SMILES string of the molecule is CCC(CC)(C(Cc1cc(OC)ccc1Br)NN)N(C)C. The molecule has 1 atom stereocenters. The van der Waals surface area contributed by atoms with E-state index in [1.165, 1.54) is 5.56 Å². The highest BCUT2D eigenvalue weighted by atomic mass is 79.9. The average molecular weight is 358 g/mol. The Labute approximate surface area is 137 Å². The number of halogens is 1. The zero-order chi connectivity index (χ0) is 16.0. The first-order valence-corrected chi connectivity index (χ1v) is 8.20. The second-order valence-electron chi connectivity index (χ2n) is 5.59. The van der Waals surface area contributed by atoms with Crippen molar-refractivity contribution in [3.8, 4) is 5.75 Å². The van der Waals surface area contributed by atoms with Crippen LogP contribution in [-0.2, 0) is 6.42 Å². The van der Waals surface area contributed by atoms with E-state index in [-0.39, 0.29) is 11.6 Å². The first-order chi connectivity index (χ1) is 9.94. The van der Waals surface area contributed by atoms with Crippen LogP contribution in [0.15, 0.2) is 22.7 Å². The third-order valence-electron chi connectivity index (χ3n) is 4.64. The van der Waals surface area contributed by atoms with Gasteiger partial charge >= 0.3 is 0 Å². The van der Waals surface area contributed by atoms with E-state index in [1.807, 2.05) is 12.1 Å². The van der Waals surface area contributed by atoms with Crippen LogP contribution in [0.1, 0.15) is 32.3 Å². The maximum absolute atomic E-state index is 5.89. The van der Waals surface area contributed by atoms with Crippen molar-refractivity contribution in [1.29, 1.82) is 0 Å². The topological polar surface area (TPSA) is 50.5 Å². The lowest BCUT2D eigenvalue weighted by Crippen LogP contribution is -2.61. The monoisotopic (exact) mass is 357 g/mol. The highest BCUT2D eigenvalue weighted by Gasteiger charge is 2.37. The molecule has 0 aliphatic carbocycles. The van der Waals surface area contributed by atoms with Crippen LogP contribution in [0.5, 0.6) is 5.75 Å². The first-order valence-electron chi connectivity index (χ1n) is 7.41. The summed E-state index contributed by atoms with van der Waals surface area (Å²) < 4.78 is 6.41. The molecule has 3 N–H and O–H groups in total. The Balaban J connectivity index is 3.11. The van der Waals surface area contributed by atoms with Crippen LogP contribution in [0.2, 0.25) is 0 Å². The molecule has 1 aromatic carbocycles. The molecule has 0 aliphatic heterocycles. The Morgan fingerprint density at radius 2 is 1.95 bits per heavy atom. The zero-order valence-corrected chi connectivity index (χ0v) is 15.3. The second kappa shape index (κ2) is 8.13. The van der Waals surface area contributed by atoms with Crippen molar-refractivity contribution in [1.82, 2.24) is 10.3 Å². The van der Waals surface area contributed by atoms with Gasteiger partial charge in [0.25, 0.3) is 0 Å². The van der Waals surface area contributed by atoms with Crippen molar-refractivity contribution in [3.63, 3.8) is 0 Å². The summed E-state index contributed by atoms with van der Waals surface area (Å²) in [6.45, 7) is 4.43. The van der Waals surface area contributed by atoms with E-state index in [4.69, 9.17) is 10.6 Å². The lowest BCUT2D eigenvalue weighted by molar-refractivity contribution is 0.0881. The van der Waals surface area contributed by atoms with Gasteiger partial charge in [0.05, 0.1) is 7.11 Å². The molecule has 0 bridgehead atoms. The number of nitrogens with one attached hydrogen (secondary N) is 1. The number of benzene rings is 1. The number of nitrogens with two attached hydrogens (primary N) is 1. The van der Waals surface area contributed by atoms with E-state index in [2.05, 4.69) is 60.3 Å². The molecule has 0 heterocycles. The van der Waals surface area contributed by atoms with Gasteiger partial charge in [0.1, 0.15) is 5.75 Å². The van der Waals surface area contributed by atoms with E-state index in [1.54, 1.807) is 7.11 Å². The largest absolute Gasteiger partial charge is 0.497 e. The lowest BCUT2D eigenvalue weighted by Gasteiger charge is -2.45. The molecule has 0 spiro atoms. The van der Waals surface area contributed by atoms with Gasteiger partial charge in [0.2, 0.25) is 0 Å². The summed E-state index contributed by atoms with van der Waals surface area (Å²) in [5.74, 6) is 6.76. The van der Waals surface area contributed by atoms with Crippen molar-refractivity contribution in [2.45, 2.75) is 44.7 Å². The van der Waals surface area contributed by atoms with E-state index < -0.39 is 0 Å². The summed E-state index contributed by atoms with van der Waals surface area (Å²) in [6.07, 6.45) is 2.91. The van der Waals surface area contributed by atoms with E-state index >= 15 is 0 Å². The molecule has 21 heavy (non-hydrogen) atoms. The number of methoxy groups -OCH3 is 1. The number of ether oxygens (including phenoxy) is 1. The standard InChI is InChI=1S/C16H28BrN3O/c1-6-16(7-2,20(3)4)15(19-18)11-12-10-13(21-5)8-9-14(12)17/h8-10,15,19H,6-7,11,18H2,1-5H3. The number of hydrogen-bond donors (Lipinski definition) is 2. The molecule has 0 radical (unpaired) electrons. The normalized spacial score (nSPS) is 13.5. The predicted molar refractivity (Wildman–Crippen MR) is 92.5 cm³/mol. The molecule has 120 valence electrons. The zero-order valence-electron chi connectivity index (χ0n) is 13.7. The van der Waals surface area contributed by atoms with Crippen LogP contribution < -0.4 is 16.0 Å². The minimum atomic E-state index is 0.0251. The second-order valence-corrected chi connectivity index (χ2v) is 6.44. The van der Waals surface area contributed by atoms with Crippen LogP contribution in [0.3, 0.4) is 0 Å².